The van der Waals surface area contributed by atoms with Crippen LogP contribution in [0.3, 0.4) is 0 Å². The van der Waals surface area contributed by atoms with E-state index in [1.54, 1.807) is 130 Å². The van der Waals surface area contributed by atoms with E-state index in [1.807, 2.05) is 13.8 Å². The van der Waals surface area contributed by atoms with E-state index in [9.17, 15) is 82.6 Å². The van der Waals surface area contributed by atoms with Gasteiger partial charge in [-0.3, -0.25) is 87.4 Å². The van der Waals surface area contributed by atoms with E-state index in [0.717, 1.165) is 35.9 Å². The Hall–Kier alpha value is -7.69. The van der Waals surface area contributed by atoms with E-state index < -0.39 is 122 Å². The summed E-state index contributed by atoms with van der Waals surface area (Å²) in [4.78, 5) is 207. The topological polar surface area (TPSA) is 563 Å². The van der Waals surface area contributed by atoms with Gasteiger partial charge in [0.05, 0.1) is 142 Å². The number of nitrogens with one attached hydrogen (secondary N) is 1. The maximum Gasteiger partial charge on any atom is 1.00 e. The van der Waals surface area contributed by atoms with Crippen molar-refractivity contribution in [3.8, 4) is 0 Å². The molecule has 5 N–H and O–H groups in total. The van der Waals surface area contributed by atoms with Crippen molar-refractivity contribution in [3.63, 3.8) is 0 Å². The van der Waals surface area contributed by atoms with Crippen LogP contribution < -0.4 is 169 Å². The molecule has 9 rings (SSSR count). The zero-order valence-electron chi connectivity index (χ0n) is 77.0. The first-order valence-electron chi connectivity index (χ1n) is 40.6. The van der Waals surface area contributed by atoms with Gasteiger partial charge < -0.3 is 85.5 Å². The number of amides is 4. The van der Waals surface area contributed by atoms with Crippen LogP contribution in [0, 0.1) is 30.3 Å². The number of nitrogen functional groups attached to an aromatic ring is 1. The van der Waals surface area contributed by atoms with Gasteiger partial charge in [0.15, 0.2) is 5.78 Å². The van der Waals surface area contributed by atoms with Crippen LogP contribution in [0.2, 0.25) is 0 Å². The second kappa shape index (κ2) is 61.2. The number of allylic oxidation sites excluding steroid dienone is 1. The van der Waals surface area contributed by atoms with Gasteiger partial charge in [-0.1, -0.05) is 61.1 Å². The van der Waals surface area contributed by atoms with E-state index in [1.165, 1.54) is 46.2 Å². The normalized spacial score (nSPS) is 14.5. The number of aliphatic hydroxyl groups is 1. The molecular formula is C85H115Cs2FeIN8O32. The molecular weight excluding hydrogens is 2090 g/mol. The van der Waals surface area contributed by atoms with Gasteiger partial charge in [-0.25, -0.2) is 0 Å². The third kappa shape index (κ3) is 35.7. The summed E-state index contributed by atoms with van der Waals surface area (Å²) in [6.07, 6.45) is 2.99. The van der Waals surface area contributed by atoms with Crippen LogP contribution in [0.4, 0.5) is 39.8 Å². The number of aliphatic hydroxyl groups excluding tert-OH is 1. The van der Waals surface area contributed by atoms with Gasteiger partial charge in [-0.2, -0.15) is 0 Å². The number of rotatable bonds is 30. The summed E-state index contributed by atoms with van der Waals surface area (Å²) in [6, 6.07) is 19.5. The standard InChI is InChI=1S/2C19H24N2O7.C19H26N2O5.C16H19NO5.C8H12O2.C3H7I.CH2O3.2Cs.Fe.HNO3.H/c2*1-5-27-16(22)10-19(11-17(23)28-6-2)14-9-13(21(25)26)7-8-15(14)20(12(3)4)18(19)24;1-5-25-16(22)10-19(11-17(23)26-6-2)14-9-13(20)7-8-15(14)21(12(3)4)18(19)24;1-3-21-13(18)9-16(10-14(19)22-4-2)11-7-5-6-8-12(11)17-15(16)20;9-6-7-4-2-1-3-5-8(7)10;1-3(2)4;2-1-4-3;;;;2-1(3)4;/h2*7-9,12H,5-6,10-11H2,1-4H3;7-9,12H,5-6,10-11,20H2,1-4H3;5-8H,3-4,9-10H2,1-2H3,(H,17,20);6,9H,1-5H2;3H,1-2H3;1,3H;;;;(H,2,3,4);/q;;;;;;;2*+1;;;-1/p-1/b;;;;7-6-;;;;;;;. The molecule has 4 aromatic rings. The summed E-state index contributed by atoms with van der Waals surface area (Å²) < 4.78 is 40.9. The van der Waals surface area contributed by atoms with Crippen LogP contribution in [0.15, 0.2) is 90.7 Å². The summed E-state index contributed by atoms with van der Waals surface area (Å²) in [7, 11) is 0. The molecule has 0 radical (unpaired) electrons. The number of ether oxygens (including phenoxy) is 8. The summed E-state index contributed by atoms with van der Waals surface area (Å²) in [6.45, 7) is 29.6. The number of esters is 8. The maximum atomic E-state index is 13.4. The molecule has 0 saturated heterocycles. The Kier molecular flexibility index (Phi) is 58.5. The van der Waals surface area contributed by atoms with Crippen LogP contribution in [0.1, 0.15) is 218 Å². The number of ketones is 1. The smallest absolute Gasteiger partial charge is 1.00 e. The van der Waals surface area contributed by atoms with E-state index in [-0.39, 0.29) is 300 Å². The predicted octanol–water partition coefficient (Wildman–Crippen LogP) is 4.94. The molecule has 129 heavy (non-hydrogen) atoms. The number of alkyl halides is 1. The molecule has 1 fully saturated rings. The van der Waals surface area contributed by atoms with E-state index in [4.69, 9.17) is 74.1 Å². The predicted molar refractivity (Wildman–Crippen MR) is 462 cm³/mol. The minimum atomic E-state index is -1.61. The number of nitro benzene ring substituents is 2. The molecule has 4 aliphatic heterocycles. The van der Waals surface area contributed by atoms with Gasteiger partial charge in [-0.05, 0) is 175 Å². The molecule has 704 valence electrons. The Labute approximate surface area is 891 Å². The molecule has 4 aromatic carbocycles. The molecule has 0 bridgehead atoms. The summed E-state index contributed by atoms with van der Waals surface area (Å²) in [5.74, 6) is -6.27. The quantitative estimate of drug-likeness (QED) is 0.00429. The van der Waals surface area contributed by atoms with E-state index in [0.29, 0.717) is 51.6 Å². The van der Waals surface area contributed by atoms with Gasteiger partial charge in [-0.15, -0.1) is 10.1 Å². The Balaban J connectivity index is -0.00000152. The van der Waals surface area contributed by atoms with Gasteiger partial charge >= 0.3 is 186 Å². The second-order valence-corrected chi connectivity index (χ2v) is 31.8. The zero-order chi connectivity index (χ0) is 95.7. The number of fused-ring (bicyclic) bond motifs is 4. The van der Waals surface area contributed by atoms with Crippen molar-refractivity contribution in [2.24, 2.45) is 0 Å². The van der Waals surface area contributed by atoms with Crippen LogP contribution in [-0.4, -0.2) is 184 Å². The molecule has 1 saturated carbocycles. The number of benzene rings is 4. The molecule has 0 atom stereocenters. The van der Waals surface area contributed by atoms with Gasteiger partial charge in [0.25, 0.3) is 22.9 Å². The number of nitro groups is 2. The number of non-ortho nitro benzene ring substituents is 2. The molecule has 44 heteroatoms. The minimum Gasteiger partial charge on any atom is -1.00 e. The van der Waals surface area contributed by atoms with Gasteiger partial charge in [0, 0.05) is 104 Å². The number of nitrogens with zero attached hydrogens (tertiary/aromatic N) is 6. The number of nitrogens with two attached hydrogens (primary N) is 1. The fourth-order valence-electron chi connectivity index (χ4n) is 14.4. The fraction of sp³-hybridized carbons (Fsp3) is 0.529. The van der Waals surface area contributed by atoms with Crippen LogP contribution >= 0.6 is 22.6 Å². The second-order valence-electron chi connectivity index (χ2n) is 29.3. The van der Waals surface area contributed by atoms with Crippen molar-refractivity contribution in [1.29, 1.82) is 0 Å². The van der Waals surface area contributed by atoms with E-state index in [2.05, 4.69) is 46.6 Å². The Morgan fingerprint density at radius 2 is 0.736 bits per heavy atom. The first kappa shape index (κ1) is 123. The molecule has 1 aliphatic carbocycles. The molecule has 40 nitrogen and oxygen atoms in total. The zero-order valence-corrected chi connectivity index (χ0v) is 91.8. The monoisotopic (exact) mass is 2210 g/mol. The first-order chi connectivity index (χ1) is 59.4. The Bertz CT molecular complexity index is 4340. The van der Waals surface area contributed by atoms with Gasteiger partial charge in [0.1, 0.15) is 0 Å². The first-order valence-corrected chi connectivity index (χ1v) is 41.8. The molecule has 5 aliphatic rings. The maximum absolute atomic E-state index is 13.4. The Morgan fingerprint density at radius 3 is 1.00 bits per heavy atom. The SMILES string of the molecule is CC(C)I.CCOC(=O)CC1(CC(=O)OCC)C(=O)N(C(C)C)c2ccc(N)cc21.CCOC(=O)CC1(CC(=O)OCC)C(=O)N(C(C)C)c2ccc([N+](=O)[O-])cc21.CCOC(=O)CC1(CC(=O)OCC)C(=O)N(C(C)C)c2ccc([N+](=O)[O-])cc21.CCOC(=O)CC1(CC(=O)OCC)C(=O)Nc2ccccc21.O=C1CCCCC/C1=C/O.O=CO[O-].O=[N+]([O-])O.[Cs+].[Cs+].[Fe].[H-]. The van der Waals surface area contributed by atoms with Crippen molar-refractivity contribution in [2.75, 3.05) is 78.6 Å². The van der Waals surface area contributed by atoms with Crippen molar-refractivity contribution < 1.29 is 297 Å². The third-order valence-corrected chi connectivity index (χ3v) is 19.2. The van der Waals surface area contributed by atoms with Crippen molar-refractivity contribution >= 4 is 146 Å². The largest absolute Gasteiger partial charge is 1.00 e. The average Bonchev–Trinajstić information content (AvgIpc) is 1.58. The van der Waals surface area contributed by atoms with E-state index >= 15 is 0 Å². The Morgan fingerprint density at radius 1 is 0.473 bits per heavy atom. The molecule has 0 spiro atoms. The van der Waals surface area contributed by atoms with Crippen LogP contribution in [0.25, 0.3) is 0 Å². The molecule has 0 aromatic heterocycles. The number of carbonyl (C=O) groups excluding carboxylic acids is 14. The van der Waals surface area contributed by atoms with Gasteiger partial charge in [0.2, 0.25) is 23.6 Å². The average molecular weight is 2210 g/mol. The summed E-state index contributed by atoms with van der Waals surface area (Å²) >= 11 is 2.34. The van der Waals surface area contributed by atoms with Crippen LogP contribution in [-0.2, 0) is 149 Å². The number of anilines is 5. The third-order valence-electron chi connectivity index (χ3n) is 19.2. The van der Waals surface area contributed by atoms with Crippen molar-refractivity contribution in [2.45, 2.75) is 238 Å². The number of halogens is 1. The number of hydrogen-bond donors (Lipinski definition) is 4. The number of para-hydroxylation sites is 1. The molecule has 4 heterocycles. The molecule has 4 amide bonds. The summed E-state index contributed by atoms with van der Waals surface area (Å²) in [5, 5.41) is 56.0. The minimum absolute atomic E-state index is 0. The van der Waals surface area contributed by atoms with Crippen molar-refractivity contribution in [3.05, 3.63) is 143 Å². The number of hydrogen-bond acceptors (Lipinski definition) is 32. The number of carbonyl (C=O) groups is 14. The summed E-state index contributed by atoms with van der Waals surface area (Å²) in [5.41, 5.74) is 4.58. The van der Waals surface area contributed by atoms with Crippen molar-refractivity contribution in [1.82, 2.24) is 0 Å². The number of Topliss-reactive ketones (excluding diaryl/α,β-unsaturated/α-hetero) is 1. The van der Waals surface area contributed by atoms with Crippen LogP contribution in [0.5, 0.6) is 0 Å². The molecule has 0 unspecified atom stereocenters. The fourth-order valence-corrected chi connectivity index (χ4v) is 14.4.